The molecule has 1 unspecified atom stereocenters. The molecule has 2 aromatic carbocycles. The topological polar surface area (TPSA) is 44.5 Å². The fourth-order valence-corrected chi connectivity index (χ4v) is 2.15. The van der Waals surface area contributed by atoms with Crippen LogP contribution in [0.5, 0.6) is 11.5 Å². The Hall–Kier alpha value is -2.16. The van der Waals surface area contributed by atoms with E-state index in [1.165, 1.54) is 5.56 Å². The summed E-state index contributed by atoms with van der Waals surface area (Å²) in [5.74, 6) is 2.14. The fraction of sp³-hybridized carbons (Fsp3) is 0.333. The van der Waals surface area contributed by atoms with Gasteiger partial charge in [-0.15, -0.1) is 0 Å². The number of ether oxygens (including phenoxy) is 2. The first-order chi connectivity index (χ1) is 10.2. The van der Waals surface area contributed by atoms with Crippen LogP contribution in [-0.4, -0.2) is 13.2 Å². The molecular formula is C18H23NO2. The normalized spacial score (nSPS) is 11.9. The van der Waals surface area contributed by atoms with Gasteiger partial charge in [-0.2, -0.15) is 0 Å². The Bertz CT molecular complexity index is 569. The van der Waals surface area contributed by atoms with Gasteiger partial charge in [0.2, 0.25) is 0 Å². The molecule has 0 saturated heterocycles. The van der Waals surface area contributed by atoms with Crippen LogP contribution in [0.3, 0.4) is 0 Å². The van der Waals surface area contributed by atoms with E-state index in [4.69, 9.17) is 15.2 Å². The minimum Gasteiger partial charge on any atom is -0.490 e. The summed E-state index contributed by atoms with van der Waals surface area (Å²) >= 11 is 0. The average molecular weight is 285 g/mol. The molecule has 21 heavy (non-hydrogen) atoms. The third-order valence-electron chi connectivity index (χ3n) is 3.58. The summed E-state index contributed by atoms with van der Waals surface area (Å²) in [6, 6.07) is 15.7. The quantitative estimate of drug-likeness (QED) is 0.611. The van der Waals surface area contributed by atoms with Crippen molar-refractivity contribution in [1.82, 2.24) is 0 Å². The molecule has 0 saturated carbocycles. The SMILES string of the molecule is CCC(C)c1ccccc1OCCOc1ccccc1N. The molecule has 0 radical (unpaired) electrons. The second kappa shape index (κ2) is 7.58. The van der Waals surface area contributed by atoms with Crippen LogP contribution in [0.2, 0.25) is 0 Å². The van der Waals surface area contributed by atoms with Gasteiger partial charge in [0.15, 0.2) is 0 Å². The van der Waals surface area contributed by atoms with Crippen LogP contribution in [0.4, 0.5) is 5.69 Å². The third kappa shape index (κ3) is 4.15. The van der Waals surface area contributed by atoms with Crippen LogP contribution in [0.25, 0.3) is 0 Å². The number of hydrogen-bond donors (Lipinski definition) is 1. The lowest BCUT2D eigenvalue weighted by molar-refractivity contribution is 0.216. The average Bonchev–Trinajstić information content (AvgIpc) is 2.52. The van der Waals surface area contributed by atoms with Gasteiger partial charge in [-0.3, -0.25) is 0 Å². The standard InChI is InChI=1S/C18H23NO2/c1-3-14(2)15-8-4-6-10-17(15)20-12-13-21-18-11-7-5-9-16(18)19/h4-11,14H,3,12-13,19H2,1-2H3. The Kier molecular flexibility index (Phi) is 5.50. The molecule has 0 bridgehead atoms. The summed E-state index contributed by atoms with van der Waals surface area (Å²) < 4.78 is 11.5. The molecule has 3 nitrogen and oxygen atoms in total. The van der Waals surface area contributed by atoms with Crippen molar-refractivity contribution in [3.63, 3.8) is 0 Å². The van der Waals surface area contributed by atoms with Gasteiger partial charge in [-0.25, -0.2) is 0 Å². The Morgan fingerprint density at radius 3 is 2.14 bits per heavy atom. The Morgan fingerprint density at radius 2 is 1.48 bits per heavy atom. The van der Waals surface area contributed by atoms with Crippen molar-refractivity contribution in [2.75, 3.05) is 18.9 Å². The molecule has 1 atom stereocenters. The maximum atomic E-state index is 5.86. The van der Waals surface area contributed by atoms with Gasteiger partial charge < -0.3 is 15.2 Å². The number of benzene rings is 2. The summed E-state index contributed by atoms with van der Waals surface area (Å²) in [4.78, 5) is 0. The van der Waals surface area contributed by atoms with E-state index in [0.717, 1.165) is 12.2 Å². The lowest BCUT2D eigenvalue weighted by atomic mass is 9.98. The second-order valence-corrected chi connectivity index (χ2v) is 5.08. The third-order valence-corrected chi connectivity index (χ3v) is 3.58. The zero-order valence-corrected chi connectivity index (χ0v) is 12.7. The number of para-hydroxylation sites is 3. The monoisotopic (exact) mass is 285 g/mol. The van der Waals surface area contributed by atoms with E-state index in [1.54, 1.807) is 0 Å². The number of anilines is 1. The molecule has 0 heterocycles. The molecule has 0 aliphatic rings. The predicted octanol–water partition coefficient (Wildman–Crippen LogP) is 4.24. The van der Waals surface area contributed by atoms with E-state index in [9.17, 15) is 0 Å². The zero-order valence-electron chi connectivity index (χ0n) is 12.7. The first kappa shape index (κ1) is 15.2. The van der Waals surface area contributed by atoms with Crippen molar-refractivity contribution in [2.45, 2.75) is 26.2 Å². The van der Waals surface area contributed by atoms with Gasteiger partial charge in [-0.1, -0.05) is 44.2 Å². The van der Waals surface area contributed by atoms with E-state index in [0.29, 0.717) is 30.6 Å². The summed E-state index contributed by atoms with van der Waals surface area (Å²) in [5, 5.41) is 0. The minimum atomic E-state index is 0.475. The number of hydrogen-bond acceptors (Lipinski definition) is 3. The molecule has 0 fully saturated rings. The van der Waals surface area contributed by atoms with E-state index in [2.05, 4.69) is 26.0 Å². The first-order valence-electron chi connectivity index (χ1n) is 7.41. The van der Waals surface area contributed by atoms with Gasteiger partial charge in [0.1, 0.15) is 24.7 Å². The highest BCUT2D eigenvalue weighted by atomic mass is 16.5. The molecule has 2 N–H and O–H groups in total. The Labute approximate surface area is 126 Å². The smallest absolute Gasteiger partial charge is 0.142 e. The van der Waals surface area contributed by atoms with E-state index < -0.39 is 0 Å². The highest BCUT2D eigenvalue weighted by Gasteiger charge is 2.09. The Balaban J connectivity index is 1.88. The van der Waals surface area contributed by atoms with Crippen molar-refractivity contribution >= 4 is 5.69 Å². The maximum absolute atomic E-state index is 5.86. The Morgan fingerprint density at radius 1 is 0.905 bits per heavy atom. The number of rotatable bonds is 7. The minimum absolute atomic E-state index is 0.475. The summed E-state index contributed by atoms with van der Waals surface area (Å²) in [6.07, 6.45) is 1.09. The van der Waals surface area contributed by atoms with Gasteiger partial charge in [-0.05, 0) is 36.1 Å². The molecule has 0 amide bonds. The molecule has 112 valence electrons. The van der Waals surface area contributed by atoms with Gasteiger partial charge in [0.05, 0.1) is 5.69 Å². The van der Waals surface area contributed by atoms with Gasteiger partial charge in [0.25, 0.3) is 0 Å². The van der Waals surface area contributed by atoms with Crippen LogP contribution in [0.15, 0.2) is 48.5 Å². The molecule has 0 spiro atoms. The number of nitrogens with two attached hydrogens (primary N) is 1. The molecule has 3 heteroatoms. The second-order valence-electron chi connectivity index (χ2n) is 5.08. The first-order valence-corrected chi connectivity index (χ1v) is 7.41. The summed E-state index contributed by atoms with van der Waals surface area (Å²) in [6.45, 7) is 5.37. The van der Waals surface area contributed by atoms with Crippen LogP contribution in [-0.2, 0) is 0 Å². The van der Waals surface area contributed by atoms with Crippen molar-refractivity contribution in [3.05, 3.63) is 54.1 Å². The van der Waals surface area contributed by atoms with E-state index >= 15 is 0 Å². The van der Waals surface area contributed by atoms with Crippen LogP contribution in [0.1, 0.15) is 31.7 Å². The highest BCUT2D eigenvalue weighted by molar-refractivity contribution is 5.51. The van der Waals surface area contributed by atoms with Gasteiger partial charge in [0, 0.05) is 0 Å². The largest absolute Gasteiger partial charge is 0.490 e. The maximum Gasteiger partial charge on any atom is 0.142 e. The van der Waals surface area contributed by atoms with Crippen molar-refractivity contribution in [1.29, 1.82) is 0 Å². The molecule has 0 aliphatic carbocycles. The summed E-state index contributed by atoms with van der Waals surface area (Å²) in [7, 11) is 0. The van der Waals surface area contributed by atoms with E-state index in [-0.39, 0.29) is 0 Å². The molecule has 0 aromatic heterocycles. The van der Waals surface area contributed by atoms with Crippen LogP contribution >= 0.6 is 0 Å². The van der Waals surface area contributed by atoms with Crippen molar-refractivity contribution < 1.29 is 9.47 Å². The van der Waals surface area contributed by atoms with Gasteiger partial charge >= 0.3 is 0 Å². The van der Waals surface area contributed by atoms with Crippen molar-refractivity contribution in [2.24, 2.45) is 0 Å². The van der Waals surface area contributed by atoms with Crippen LogP contribution < -0.4 is 15.2 Å². The molecule has 2 aromatic rings. The lowest BCUT2D eigenvalue weighted by Gasteiger charge is -2.16. The zero-order chi connectivity index (χ0) is 15.1. The fourth-order valence-electron chi connectivity index (χ4n) is 2.15. The summed E-state index contributed by atoms with van der Waals surface area (Å²) in [5.41, 5.74) is 7.73. The van der Waals surface area contributed by atoms with Crippen molar-refractivity contribution in [3.8, 4) is 11.5 Å². The van der Waals surface area contributed by atoms with E-state index in [1.807, 2.05) is 36.4 Å². The molecule has 0 aliphatic heterocycles. The molecular weight excluding hydrogens is 262 g/mol. The van der Waals surface area contributed by atoms with Crippen LogP contribution in [0, 0.1) is 0 Å². The molecule has 2 rings (SSSR count). The lowest BCUT2D eigenvalue weighted by Crippen LogP contribution is -2.11. The highest BCUT2D eigenvalue weighted by Crippen LogP contribution is 2.28. The predicted molar refractivity (Wildman–Crippen MR) is 87.0 cm³/mol. The number of nitrogen functional groups attached to an aromatic ring is 1.